The number of nitrogens with one attached hydrogen (secondary N) is 1. The summed E-state index contributed by atoms with van der Waals surface area (Å²) in [5, 5.41) is 3.61. The van der Waals surface area contributed by atoms with E-state index in [1.807, 2.05) is 25.1 Å². The first-order valence-corrected chi connectivity index (χ1v) is 12.3. The standard InChI is InChI=1S/C21H27N3O3S2/c1-3-17-9-7-8-16(2)21(17)23-19(25)15-28-20-11-10-18(14-22-20)29(26,27)24-12-5-4-6-13-24/h7-11,14H,3-6,12-13,15H2,1-2H3,(H,23,25). The smallest absolute Gasteiger partial charge is 0.244 e. The number of aryl methyl sites for hydroxylation is 2. The molecule has 0 radical (unpaired) electrons. The van der Waals surface area contributed by atoms with Crippen LogP contribution in [0.25, 0.3) is 0 Å². The second-order valence-corrected chi connectivity index (χ2v) is 10.0. The van der Waals surface area contributed by atoms with Gasteiger partial charge in [0.2, 0.25) is 15.9 Å². The quantitative estimate of drug-likeness (QED) is 0.671. The Morgan fingerprint density at radius 2 is 1.93 bits per heavy atom. The van der Waals surface area contributed by atoms with Gasteiger partial charge in [-0.25, -0.2) is 13.4 Å². The number of hydrogen-bond donors (Lipinski definition) is 1. The van der Waals surface area contributed by atoms with Crippen LogP contribution >= 0.6 is 11.8 Å². The van der Waals surface area contributed by atoms with E-state index in [1.54, 1.807) is 12.1 Å². The molecule has 156 valence electrons. The van der Waals surface area contributed by atoms with Gasteiger partial charge in [0.05, 0.1) is 10.8 Å². The first kappa shape index (κ1) is 21.8. The van der Waals surface area contributed by atoms with Gasteiger partial charge in [-0.15, -0.1) is 0 Å². The molecule has 1 aliphatic rings. The molecule has 1 amide bonds. The van der Waals surface area contributed by atoms with Crippen molar-refractivity contribution in [1.82, 2.24) is 9.29 Å². The van der Waals surface area contributed by atoms with Crippen LogP contribution in [0.2, 0.25) is 0 Å². The fourth-order valence-electron chi connectivity index (χ4n) is 3.38. The molecular weight excluding hydrogens is 406 g/mol. The summed E-state index contributed by atoms with van der Waals surface area (Å²) < 4.78 is 26.9. The van der Waals surface area contributed by atoms with Crippen LogP contribution in [0.5, 0.6) is 0 Å². The minimum Gasteiger partial charge on any atom is -0.325 e. The molecule has 0 spiro atoms. The molecule has 1 saturated heterocycles. The van der Waals surface area contributed by atoms with Crippen molar-refractivity contribution in [3.63, 3.8) is 0 Å². The number of para-hydroxylation sites is 1. The largest absolute Gasteiger partial charge is 0.325 e. The number of thioether (sulfide) groups is 1. The molecule has 0 atom stereocenters. The van der Waals surface area contributed by atoms with E-state index in [2.05, 4.69) is 17.2 Å². The number of carbonyl (C=O) groups excluding carboxylic acids is 1. The Morgan fingerprint density at radius 1 is 1.17 bits per heavy atom. The number of nitrogens with zero attached hydrogens (tertiary/aromatic N) is 2. The molecule has 1 aromatic heterocycles. The molecule has 1 fully saturated rings. The lowest BCUT2D eigenvalue weighted by Gasteiger charge is -2.25. The van der Waals surface area contributed by atoms with Crippen LogP contribution in [0.1, 0.15) is 37.3 Å². The van der Waals surface area contributed by atoms with Crippen molar-refractivity contribution in [3.8, 4) is 0 Å². The first-order chi connectivity index (χ1) is 13.9. The van der Waals surface area contributed by atoms with E-state index < -0.39 is 10.0 Å². The van der Waals surface area contributed by atoms with Crippen LogP contribution in [0.3, 0.4) is 0 Å². The van der Waals surface area contributed by atoms with Gasteiger partial charge in [0.15, 0.2) is 0 Å². The summed E-state index contributed by atoms with van der Waals surface area (Å²) in [6, 6.07) is 9.22. The highest BCUT2D eigenvalue weighted by Crippen LogP contribution is 2.24. The molecule has 1 N–H and O–H groups in total. The fourth-order valence-corrected chi connectivity index (χ4v) is 5.48. The van der Waals surface area contributed by atoms with Crippen molar-refractivity contribution in [1.29, 1.82) is 0 Å². The Labute approximate surface area is 177 Å². The molecule has 1 aliphatic heterocycles. The SMILES string of the molecule is CCc1cccc(C)c1NC(=O)CSc1ccc(S(=O)(=O)N2CCCCC2)cn1. The molecule has 2 heterocycles. The number of hydrogen-bond acceptors (Lipinski definition) is 5. The average Bonchev–Trinajstić information content (AvgIpc) is 2.74. The lowest BCUT2D eigenvalue weighted by Crippen LogP contribution is -2.35. The minimum absolute atomic E-state index is 0.106. The van der Waals surface area contributed by atoms with Crippen molar-refractivity contribution in [2.24, 2.45) is 0 Å². The number of carbonyl (C=O) groups is 1. The molecular formula is C21H27N3O3S2. The number of aromatic nitrogens is 1. The fraction of sp³-hybridized carbons (Fsp3) is 0.429. The summed E-state index contributed by atoms with van der Waals surface area (Å²) in [4.78, 5) is 16.8. The van der Waals surface area contributed by atoms with Crippen LogP contribution < -0.4 is 5.32 Å². The summed E-state index contributed by atoms with van der Waals surface area (Å²) in [5.74, 6) is 0.105. The van der Waals surface area contributed by atoms with Crippen LogP contribution in [0.4, 0.5) is 5.69 Å². The molecule has 29 heavy (non-hydrogen) atoms. The summed E-state index contributed by atoms with van der Waals surface area (Å²) >= 11 is 1.29. The van der Waals surface area contributed by atoms with Crippen molar-refractivity contribution in [2.75, 3.05) is 24.2 Å². The van der Waals surface area contributed by atoms with Crippen LogP contribution in [-0.4, -0.2) is 42.5 Å². The highest BCUT2D eigenvalue weighted by atomic mass is 32.2. The molecule has 0 saturated carbocycles. The summed E-state index contributed by atoms with van der Waals surface area (Å²) in [6.07, 6.45) is 5.11. The van der Waals surface area contributed by atoms with Crippen LogP contribution in [0, 0.1) is 6.92 Å². The number of rotatable bonds is 7. The molecule has 3 rings (SSSR count). The Balaban J connectivity index is 1.60. The third-order valence-corrected chi connectivity index (χ3v) is 7.84. The maximum atomic E-state index is 12.7. The molecule has 0 unspecified atom stereocenters. The Kier molecular flexibility index (Phi) is 7.32. The highest BCUT2D eigenvalue weighted by Gasteiger charge is 2.26. The van der Waals surface area contributed by atoms with Gasteiger partial charge in [0.1, 0.15) is 4.90 Å². The van der Waals surface area contributed by atoms with Gasteiger partial charge in [-0.3, -0.25) is 4.79 Å². The van der Waals surface area contributed by atoms with Crippen molar-refractivity contribution >= 4 is 33.4 Å². The first-order valence-electron chi connectivity index (χ1n) is 9.89. The predicted molar refractivity (Wildman–Crippen MR) is 117 cm³/mol. The van der Waals surface area contributed by atoms with Gasteiger partial charge in [0, 0.05) is 25.0 Å². The second kappa shape index (κ2) is 9.73. The zero-order valence-corrected chi connectivity index (χ0v) is 18.5. The monoisotopic (exact) mass is 433 g/mol. The van der Waals surface area contributed by atoms with Gasteiger partial charge in [-0.1, -0.05) is 43.3 Å². The van der Waals surface area contributed by atoms with E-state index in [1.165, 1.54) is 22.3 Å². The number of anilines is 1. The minimum atomic E-state index is -3.48. The van der Waals surface area contributed by atoms with E-state index in [4.69, 9.17) is 0 Å². The number of piperidine rings is 1. The maximum Gasteiger partial charge on any atom is 0.244 e. The number of pyridine rings is 1. The second-order valence-electron chi connectivity index (χ2n) is 7.10. The van der Waals surface area contributed by atoms with Crippen LogP contribution in [0.15, 0.2) is 46.5 Å². The van der Waals surface area contributed by atoms with Gasteiger partial charge in [-0.05, 0) is 49.4 Å². The predicted octanol–water partition coefficient (Wildman–Crippen LogP) is 3.86. The Hall–Kier alpha value is -1.90. The lowest BCUT2D eigenvalue weighted by atomic mass is 10.1. The van der Waals surface area contributed by atoms with E-state index in [9.17, 15) is 13.2 Å². The van der Waals surface area contributed by atoms with Crippen molar-refractivity contribution in [3.05, 3.63) is 47.7 Å². The molecule has 1 aromatic carbocycles. The van der Waals surface area contributed by atoms with Gasteiger partial charge < -0.3 is 5.32 Å². The lowest BCUT2D eigenvalue weighted by molar-refractivity contribution is -0.113. The summed E-state index contributed by atoms with van der Waals surface area (Å²) in [6.45, 7) is 5.17. The Morgan fingerprint density at radius 3 is 2.59 bits per heavy atom. The van der Waals surface area contributed by atoms with Gasteiger partial charge in [0.25, 0.3) is 0 Å². The maximum absolute atomic E-state index is 12.7. The number of amides is 1. The van der Waals surface area contributed by atoms with Gasteiger partial charge in [-0.2, -0.15) is 4.31 Å². The van der Waals surface area contributed by atoms with Crippen molar-refractivity contribution in [2.45, 2.75) is 49.5 Å². The van der Waals surface area contributed by atoms with E-state index in [0.29, 0.717) is 18.1 Å². The zero-order chi connectivity index (χ0) is 20.9. The number of sulfonamides is 1. The molecule has 0 aliphatic carbocycles. The summed E-state index contributed by atoms with van der Waals surface area (Å²) in [5.41, 5.74) is 3.01. The highest BCUT2D eigenvalue weighted by molar-refractivity contribution is 7.99. The van der Waals surface area contributed by atoms with E-state index in [0.717, 1.165) is 42.5 Å². The third-order valence-electron chi connectivity index (χ3n) is 5.02. The average molecular weight is 434 g/mol. The molecule has 0 bridgehead atoms. The zero-order valence-electron chi connectivity index (χ0n) is 16.8. The third kappa shape index (κ3) is 5.38. The van der Waals surface area contributed by atoms with Crippen molar-refractivity contribution < 1.29 is 13.2 Å². The van der Waals surface area contributed by atoms with E-state index in [-0.39, 0.29) is 16.6 Å². The molecule has 8 heteroatoms. The van der Waals surface area contributed by atoms with Crippen LogP contribution in [-0.2, 0) is 21.2 Å². The molecule has 2 aromatic rings. The molecule has 6 nitrogen and oxygen atoms in total. The van der Waals surface area contributed by atoms with Gasteiger partial charge >= 0.3 is 0 Å². The number of benzene rings is 1. The summed E-state index contributed by atoms with van der Waals surface area (Å²) in [7, 11) is -3.48. The van der Waals surface area contributed by atoms with E-state index >= 15 is 0 Å². The normalized spacial score (nSPS) is 15.2. The Bertz CT molecular complexity index is 954. The topological polar surface area (TPSA) is 79.4 Å².